The van der Waals surface area contributed by atoms with Crippen LogP contribution in [0.3, 0.4) is 0 Å². The van der Waals surface area contributed by atoms with Crippen LogP contribution in [0.15, 0.2) is 40.1 Å². The Kier molecular flexibility index (Phi) is 3.75. The molecule has 0 saturated carbocycles. The van der Waals surface area contributed by atoms with Crippen LogP contribution in [0.2, 0.25) is 5.02 Å². The molecule has 9 heteroatoms. The van der Waals surface area contributed by atoms with Crippen LogP contribution < -0.4 is 21.5 Å². The zero-order chi connectivity index (χ0) is 16.6. The highest BCUT2D eigenvalue weighted by Crippen LogP contribution is 2.28. The highest BCUT2D eigenvalue weighted by atomic mass is 35.5. The molecular weight excluding hydrogens is 324 g/mol. The van der Waals surface area contributed by atoms with Crippen LogP contribution in [0.5, 0.6) is 0 Å². The van der Waals surface area contributed by atoms with E-state index in [0.29, 0.717) is 11.4 Å². The SMILES string of the molecule is O=C1CN(C(=O)Cn2cc(Cl)c(=O)[nH]c2=O)c2ccccc2N1. The number of hydrogen-bond acceptors (Lipinski definition) is 4. The molecule has 1 aliphatic rings. The van der Waals surface area contributed by atoms with E-state index in [-0.39, 0.29) is 24.0 Å². The van der Waals surface area contributed by atoms with Crippen LogP contribution in [0.4, 0.5) is 11.4 Å². The molecule has 2 aromatic rings. The van der Waals surface area contributed by atoms with Crippen molar-refractivity contribution in [2.24, 2.45) is 0 Å². The van der Waals surface area contributed by atoms with Gasteiger partial charge in [0.1, 0.15) is 18.1 Å². The zero-order valence-electron chi connectivity index (χ0n) is 11.7. The number of carbonyl (C=O) groups is 2. The van der Waals surface area contributed by atoms with Crippen molar-refractivity contribution >= 4 is 34.8 Å². The second-order valence-corrected chi connectivity index (χ2v) is 5.32. The normalized spacial score (nSPS) is 13.4. The molecule has 23 heavy (non-hydrogen) atoms. The number of fused-ring (bicyclic) bond motifs is 1. The van der Waals surface area contributed by atoms with Gasteiger partial charge in [-0.1, -0.05) is 23.7 Å². The third kappa shape index (κ3) is 2.88. The number of anilines is 2. The average molecular weight is 335 g/mol. The molecule has 1 aliphatic heterocycles. The van der Waals surface area contributed by atoms with Gasteiger partial charge in [0.2, 0.25) is 11.8 Å². The molecule has 3 rings (SSSR count). The Labute approximate surface area is 134 Å². The minimum Gasteiger partial charge on any atom is -0.323 e. The van der Waals surface area contributed by atoms with Gasteiger partial charge in [0.15, 0.2) is 0 Å². The number of halogens is 1. The lowest BCUT2D eigenvalue weighted by Gasteiger charge is -2.29. The standard InChI is InChI=1S/C14H11ClN4O4/c15-8-5-18(14(23)17-13(8)22)7-12(21)19-6-11(20)16-9-3-1-2-4-10(9)19/h1-5H,6-7H2,(H,16,20)(H,17,22,23). The highest BCUT2D eigenvalue weighted by Gasteiger charge is 2.26. The Morgan fingerprint density at radius 1 is 1.22 bits per heavy atom. The van der Waals surface area contributed by atoms with Gasteiger partial charge in [-0.2, -0.15) is 0 Å². The number of rotatable bonds is 2. The molecule has 118 valence electrons. The van der Waals surface area contributed by atoms with E-state index < -0.39 is 17.2 Å². The number of para-hydroxylation sites is 2. The van der Waals surface area contributed by atoms with E-state index in [9.17, 15) is 19.2 Å². The lowest BCUT2D eigenvalue weighted by atomic mass is 10.2. The Bertz CT molecular complexity index is 917. The smallest absolute Gasteiger partial charge is 0.323 e. The topological polar surface area (TPSA) is 104 Å². The summed E-state index contributed by atoms with van der Waals surface area (Å²) in [5.74, 6) is -0.804. The van der Waals surface area contributed by atoms with Crippen molar-refractivity contribution < 1.29 is 9.59 Å². The maximum absolute atomic E-state index is 12.5. The van der Waals surface area contributed by atoms with Crippen LogP contribution in [-0.4, -0.2) is 27.9 Å². The van der Waals surface area contributed by atoms with E-state index in [1.165, 1.54) is 4.90 Å². The second kappa shape index (κ2) is 5.73. The zero-order valence-corrected chi connectivity index (χ0v) is 12.5. The number of nitrogens with zero attached hydrogens (tertiary/aromatic N) is 2. The van der Waals surface area contributed by atoms with E-state index in [4.69, 9.17) is 11.6 Å². The summed E-state index contributed by atoms with van der Waals surface area (Å²) in [7, 11) is 0. The average Bonchev–Trinajstić information content (AvgIpc) is 2.51. The first-order valence-corrected chi connectivity index (χ1v) is 7.02. The van der Waals surface area contributed by atoms with Crippen LogP contribution in [-0.2, 0) is 16.1 Å². The quantitative estimate of drug-likeness (QED) is 0.817. The Balaban J connectivity index is 1.93. The van der Waals surface area contributed by atoms with Crippen molar-refractivity contribution in [1.29, 1.82) is 0 Å². The number of nitrogens with one attached hydrogen (secondary N) is 2. The summed E-state index contributed by atoms with van der Waals surface area (Å²) >= 11 is 5.67. The van der Waals surface area contributed by atoms with Crippen LogP contribution >= 0.6 is 11.6 Å². The molecule has 2 amide bonds. The monoisotopic (exact) mass is 334 g/mol. The van der Waals surface area contributed by atoms with Crippen molar-refractivity contribution in [3.8, 4) is 0 Å². The van der Waals surface area contributed by atoms with Gasteiger partial charge in [0.05, 0.1) is 11.4 Å². The lowest BCUT2D eigenvalue weighted by Crippen LogP contribution is -2.45. The molecule has 0 spiro atoms. The lowest BCUT2D eigenvalue weighted by molar-refractivity contribution is -0.122. The van der Waals surface area contributed by atoms with Crippen molar-refractivity contribution in [3.63, 3.8) is 0 Å². The molecule has 8 nitrogen and oxygen atoms in total. The first-order valence-electron chi connectivity index (χ1n) is 6.64. The predicted octanol–water partition coefficient (Wildman–Crippen LogP) is 0.175. The summed E-state index contributed by atoms with van der Waals surface area (Å²) in [5.41, 5.74) is -0.407. The second-order valence-electron chi connectivity index (χ2n) is 4.91. The molecule has 2 heterocycles. The third-order valence-corrected chi connectivity index (χ3v) is 3.61. The summed E-state index contributed by atoms with van der Waals surface area (Å²) in [6.45, 7) is -0.501. The molecule has 0 fully saturated rings. The number of hydrogen-bond donors (Lipinski definition) is 2. The number of H-pyrrole nitrogens is 1. The van der Waals surface area contributed by atoms with Crippen LogP contribution in [0.25, 0.3) is 0 Å². The predicted molar refractivity (Wildman–Crippen MR) is 83.8 cm³/mol. The first kappa shape index (κ1) is 15.0. The summed E-state index contributed by atoms with van der Waals surface area (Å²) in [6, 6.07) is 6.84. The van der Waals surface area contributed by atoms with Gasteiger partial charge in [0, 0.05) is 6.20 Å². The van der Waals surface area contributed by atoms with E-state index in [2.05, 4.69) is 5.32 Å². The van der Waals surface area contributed by atoms with Gasteiger partial charge >= 0.3 is 5.69 Å². The largest absolute Gasteiger partial charge is 0.328 e. The van der Waals surface area contributed by atoms with Gasteiger partial charge in [-0.25, -0.2) is 4.79 Å². The van der Waals surface area contributed by atoms with E-state index >= 15 is 0 Å². The number of benzene rings is 1. The minimum absolute atomic E-state index is 0.151. The van der Waals surface area contributed by atoms with Crippen molar-refractivity contribution in [1.82, 2.24) is 9.55 Å². The molecule has 0 aliphatic carbocycles. The molecule has 0 radical (unpaired) electrons. The van der Waals surface area contributed by atoms with Crippen molar-refractivity contribution in [3.05, 3.63) is 56.3 Å². The Morgan fingerprint density at radius 2 is 1.96 bits per heavy atom. The summed E-state index contributed by atoms with van der Waals surface area (Å²) in [5, 5.41) is 2.47. The third-order valence-electron chi connectivity index (χ3n) is 3.34. The van der Waals surface area contributed by atoms with Gasteiger partial charge < -0.3 is 5.32 Å². The molecular formula is C14H11ClN4O4. The fourth-order valence-electron chi connectivity index (χ4n) is 2.29. The minimum atomic E-state index is -0.748. The van der Waals surface area contributed by atoms with Gasteiger partial charge in [-0.15, -0.1) is 0 Å². The molecule has 1 aromatic carbocycles. The van der Waals surface area contributed by atoms with E-state index in [0.717, 1.165) is 10.8 Å². The molecule has 0 atom stereocenters. The molecule has 2 N–H and O–H groups in total. The van der Waals surface area contributed by atoms with E-state index in [1.54, 1.807) is 24.3 Å². The van der Waals surface area contributed by atoms with Crippen LogP contribution in [0.1, 0.15) is 0 Å². The van der Waals surface area contributed by atoms with Crippen molar-refractivity contribution in [2.45, 2.75) is 6.54 Å². The van der Waals surface area contributed by atoms with Crippen molar-refractivity contribution in [2.75, 3.05) is 16.8 Å². The Hall–Kier alpha value is -2.87. The van der Waals surface area contributed by atoms with Gasteiger partial charge in [-0.05, 0) is 12.1 Å². The summed E-state index contributed by atoms with van der Waals surface area (Å²) < 4.78 is 0.987. The maximum atomic E-state index is 12.5. The molecule has 0 saturated heterocycles. The summed E-state index contributed by atoms with van der Waals surface area (Å²) in [4.78, 5) is 50.4. The number of amides is 2. The van der Waals surface area contributed by atoms with Gasteiger partial charge in [-0.3, -0.25) is 28.8 Å². The number of carbonyl (C=O) groups excluding carboxylic acids is 2. The van der Waals surface area contributed by atoms with Crippen LogP contribution in [0, 0.1) is 0 Å². The first-order chi connectivity index (χ1) is 11.0. The summed E-state index contributed by atoms with van der Waals surface area (Å²) in [6.07, 6.45) is 1.09. The molecule has 0 bridgehead atoms. The van der Waals surface area contributed by atoms with E-state index in [1.807, 2.05) is 4.98 Å². The fourth-order valence-corrected chi connectivity index (χ4v) is 2.45. The van der Waals surface area contributed by atoms with Gasteiger partial charge in [0.25, 0.3) is 5.56 Å². The fraction of sp³-hybridized carbons (Fsp3) is 0.143. The molecule has 0 unspecified atom stereocenters. The highest BCUT2D eigenvalue weighted by molar-refractivity contribution is 6.30. The maximum Gasteiger partial charge on any atom is 0.328 e. The molecule has 1 aromatic heterocycles. The number of aromatic amines is 1. The Morgan fingerprint density at radius 3 is 2.74 bits per heavy atom. The number of aromatic nitrogens is 2.